The summed E-state index contributed by atoms with van der Waals surface area (Å²) in [4.78, 5) is 52.5. The van der Waals surface area contributed by atoms with E-state index in [2.05, 4.69) is 26.8 Å². The van der Waals surface area contributed by atoms with E-state index in [9.17, 15) is 14.4 Å². The molecule has 1 aliphatic rings. The van der Waals surface area contributed by atoms with Crippen molar-refractivity contribution < 1.29 is 14.4 Å². The Labute approximate surface area is 185 Å². The van der Waals surface area contributed by atoms with Gasteiger partial charge in [0, 0.05) is 33.1 Å². The van der Waals surface area contributed by atoms with E-state index in [1.807, 2.05) is 6.92 Å². The van der Waals surface area contributed by atoms with Crippen molar-refractivity contribution in [3.63, 3.8) is 0 Å². The van der Waals surface area contributed by atoms with Crippen molar-refractivity contribution in [3.8, 4) is 11.4 Å². The van der Waals surface area contributed by atoms with Gasteiger partial charge < -0.3 is 15.1 Å². The number of nitrogens with zero attached hydrogens (tertiary/aromatic N) is 5. The van der Waals surface area contributed by atoms with Crippen LogP contribution in [0.5, 0.6) is 0 Å². The first-order valence-corrected chi connectivity index (χ1v) is 10.0. The molecule has 1 aliphatic heterocycles. The van der Waals surface area contributed by atoms with Crippen LogP contribution in [-0.4, -0.2) is 68.7 Å². The van der Waals surface area contributed by atoms with E-state index in [1.54, 1.807) is 21.9 Å². The summed E-state index contributed by atoms with van der Waals surface area (Å²) in [5, 5.41) is 2.72. The molecule has 3 heterocycles. The lowest BCUT2D eigenvalue weighted by Crippen LogP contribution is -2.56. The third-order valence-electron chi connectivity index (χ3n) is 5.19. The second-order valence-corrected chi connectivity index (χ2v) is 7.59. The van der Waals surface area contributed by atoms with Gasteiger partial charge in [-0.05, 0) is 36.8 Å². The molecule has 2 aromatic rings. The number of hydrogen-bond donors (Lipinski definition) is 1. The average Bonchev–Trinajstić information content (AvgIpc) is 2.77. The maximum atomic E-state index is 12.4. The van der Waals surface area contributed by atoms with Crippen LogP contribution in [0.25, 0.3) is 11.4 Å². The maximum Gasteiger partial charge on any atom is 0.269 e. The van der Waals surface area contributed by atoms with E-state index in [1.165, 1.54) is 32.4 Å². The van der Waals surface area contributed by atoms with Crippen LogP contribution < -0.4 is 5.32 Å². The summed E-state index contributed by atoms with van der Waals surface area (Å²) in [7, 11) is 1.51. The van der Waals surface area contributed by atoms with Crippen LogP contribution in [0.3, 0.4) is 0 Å². The molecule has 1 saturated heterocycles. The third-order valence-corrected chi connectivity index (χ3v) is 5.39. The summed E-state index contributed by atoms with van der Waals surface area (Å²) in [5.41, 5.74) is 1.74. The Bertz CT molecular complexity index is 1040. The van der Waals surface area contributed by atoms with E-state index in [-0.39, 0.29) is 34.6 Å². The molecule has 10 heteroatoms. The van der Waals surface area contributed by atoms with Crippen LogP contribution >= 0.6 is 11.6 Å². The number of hydrogen-bond acceptors (Lipinski definition) is 6. The number of rotatable bonds is 4. The zero-order chi connectivity index (χ0) is 22.7. The average molecular weight is 443 g/mol. The summed E-state index contributed by atoms with van der Waals surface area (Å²) in [6.45, 7) is 7.62. The first-order chi connectivity index (χ1) is 14.7. The Hall–Kier alpha value is -3.33. The highest BCUT2D eigenvalue weighted by Gasteiger charge is 2.36. The van der Waals surface area contributed by atoms with Gasteiger partial charge in [-0.15, -0.1) is 0 Å². The lowest BCUT2D eigenvalue weighted by atomic mass is 9.99. The highest BCUT2D eigenvalue weighted by Crippen LogP contribution is 2.31. The smallest absolute Gasteiger partial charge is 0.269 e. The molecule has 3 amide bonds. The molecule has 2 aromatic heterocycles. The minimum atomic E-state index is -0.419. The molecule has 0 spiro atoms. The van der Waals surface area contributed by atoms with Crippen LogP contribution in [-0.2, 0) is 9.59 Å². The fourth-order valence-corrected chi connectivity index (χ4v) is 3.84. The van der Waals surface area contributed by atoms with Crippen molar-refractivity contribution in [3.05, 3.63) is 53.6 Å². The van der Waals surface area contributed by atoms with E-state index < -0.39 is 6.04 Å². The number of carbonyl (C=O) groups excluding carboxylic acids is 3. The molecule has 0 aliphatic carbocycles. The van der Waals surface area contributed by atoms with Crippen LogP contribution in [0.2, 0.25) is 5.15 Å². The minimum absolute atomic E-state index is 0.110. The summed E-state index contributed by atoms with van der Waals surface area (Å²) in [5.74, 6) is -0.665. The molecule has 162 valence electrons. The highest BCUT2D eigenvalue weighted by atomic mass is 35.5. The van der Waals surface area contributed by atoms with Gasteiger partial charge in [-0.3, -0.25) is 14.4 Å². The molecule has 3 rings (SSSR count). The zero-order valence-corrected chi connectivity index (χ0v) is 18.3. The monoisotopic (exact) mass is 442 g/mol. The van der Waals surface area contributed by atoms with Crippen molar-refractivity contribution in [2.24, 2.45) is 0 Å². The molecule has 1 N–H and O–H groups in total. The van der Waals surface area contributed by atoms with Gasteiger partial charge >= 0.3 is 0 Å². The van der Waals surface area contributed by atoms with Gasteiger partial charge in [0.15, 0.2) is 0 Å². The van der Waals surface area contributed by atoms with Crippen LogP contribution in [0, 0.1) is 0 Å². The molecular formula is C21H23ClN6O3. The van der Waals surface area contributed by atoms with E-state index in [0.717, 1.165) is 0 Å². The fourth-order valence-electron chi connectivity index (χ4n) is 3.62. The second kappa shape index (κ2) is 9.22. The van der Waals surface area contributed by atoms with Gasteiger partial charge in [0.25, 0.3) is 5.91 Å². The standard InChI is InChI=1S/C21H23ClN6O3/c1-5-20(30)27-10-18(28(13(3)29)9-12(27)2)14-6-16(26-19(22)7-14)15-8-17(21(31)23-4)25-11-24-15/h5-8,11-12,18H,1,9-10H2,2-4H3,(H,23,31)/t12-,18?/m1/s1. The lowest BCUT2D eigenvalue weighted by molar-refractivity contribution is -0.142. The van der Waals surface area contributed by atoms with Crippen molar-refractivity contribution in [1.29, 1.82) is 0 Å². The molecule has 0 radical (unpaired) electrons. The number of nitrogens with one attached hydrogen (secondary N) is 1. The largest absolute Gasteiger partial charge is 0.354 e. The van der Waals surface area contributed by atoms with Crippen molar-refractivity contribution in [2.75, 3.05) is 20.1 Å². The van der Waals surface area contributed by atoms with E-state index >= 15 is 0 Å². The Balaban J connectivity index is 2.04. The second-order valence-electron chi connectivity index (χ2n) is 7.21. The summed E-state index contributed by atoms with van der Waals surface area (Å²) in [6.07, 6.45) is 2.54. The zero-order valence-electron chi connectivity index (χ0n) is 17.5. The molecule has 2 atom stereocenters. The predicted molar refractivity (Wildman–Crippen MR) is 115 cm³/mol. The SMILES string of the molecule is C=CC(=O)N1CC(c2cc(Cl)nc(-c3cc(C(=O)NC)ncn3)c2)N(C(C)=O)C[C@H]1C. The van der Waals surface area contributed by atoms with Gasteiger partial charge in [-0.25, -0.2) is 15.0 Å². The maximum absolute atomic E-state index is 12.4. The van der Waals surface area contributed by atoms with Crippen molar-refractivity contribution in [1.82, 2.24) is 30.1 Å². The number of piperazine rings is 1. The Morgan fingerprint density at radius 2 is 1.90 bits per heavy atom. The summed E-state index contributed by atoms with van der Waals surface area (Å²) in [6, 6.07) is 4.37. The van der Waals surface area contributed by atoms with Crippen LogP contribution in [0.4, 0.5) is 0 Å². The Morgan fingerprint density at radius 1 is 1.16 bits per heavy atom. The van der Waals surface area contributed by atoms with Gasteiger partial charge in [0.2, 0.25) is 11.8 Å². The molecule has 31 heavy (non-hydrogen) atoms. The number of halogens is 1. The molecule has 0 bridgehead atoms. The summed E-state index contributed by atoms with van der Waals surface area (Å²) < 4.78 is 0. The van der Waals surface area contributed by atoms with Gasteiger partial charge in [0.05, 0.1) is 17.4 Å². The van der Waals surface area contributed by atoms with E-state index in [0.29, 0.717) is 30.0 Å². The predicted octanol–water partition coefficient (Wildman–Crippen LogP) is 1.86. The van der Waals surface area contributed by atoms with Gasteiger partial charge in [0.1, 0.15) is 17.2 Å². The van der Waals surface area contributed by atoms with Crippen LogP contribution in [0.15, 0.2) is 37.2 Å². The number of pyridine rings is 1. The van der Waals surface area contributed by atoms with Gasteiger partial charge in [-0.1, -0.05) is 18.2 Å². The quantitative estimate of drug-likeness (QED) is 0.572. The van der Waals surface area contributed by atoms with E-state index in [4.69, 9.17) is 11.6 Å². The van der Waals surface area contributed by atoms with Crippen molar-refractivity contribution in [2.45, 2.75) is 25.9 Å². The third kappa shape index (κ3) is 4.72. The number of aromatic nitrogens is 3. The molecule has 1 fully saturated rings. The Kier molecular flexibility index (Phi) is 6.65. The normalized spacial score (nSPS) is 18.5. The first kappa shape index (κ1) is 22.4. The van der Waals surface area contributed by atoms with Gasteiger partial charge in [-0.2, -0.15) is 0 Å². The number of carbonyl (C=O) groups is 3. The number of amides is 3. The first-order valence-electron chi connectivity index (χ1n) is 9.67. The fraction of sp³-hybridized carbons (Fsp3) is 0.333. The molecule has 0 saturated carbocycles. The summed E-state index contributed by atoms with van der Waals surface area (Å²) >= 11 is 6.30. The molecule has 0 aromatic carbocycles. The van der Waals surface area contributed by atoms with Crippen molar-refractivity contribution >= 4 is 29.3 Å². The Morgan fingerprint density at radius 3 is 2.55 bits per heavy atom. The molecular weight excluding hydrogens is 420 g/mol. The van der Waals surface area contributed by atoms with Crippen LogP contribution in [0.1, 0.15) is 35.9 Å². The molecule has 9 nitrogen and oxygen atoms in total. The lowest BCUT2D eigenvalue weighted by Gasteiger charge is -2.45. The minimum Gasteiger partial charge on any atom is -0.354 e. The highest BCUT2D eigenvalue weighted by molar-refractivity contribution is 6.29. The molecule has 1 unspecified atom stereocenters. The topological polar surface area (TPSA) is 108 Å².